The van der Waals surface area contributed by atoms with Gasteiger partial charge in [-0.1, -0.05) is 23.2 Å². The summed E-state index contributed by atoms with van der Waals surface area (Å²) < 4.78 is 1.98. The maximum Gasteiger partial charge on any atom is 0.213 e. The van der Waals surface area contributed by atoms with Gasteiger partial charge in [0.2, 0.25) is 5.69 Å². The number of hydrogen-bond donors (Lipinski definition) is 0. The van der Waals surface area contributed by atoms with E-state index in [1.54, 1.807) is 6.07 Å². The van der Waals surface area contributed by atoms with Crippen LogP contribution in [-0.2, 0) is 0 Å². The van der Waals surface area contributed by atoms with Crippen LogP contribution >= 0.6 is 23.2 Å². The summed E-state index contributed by atoms with van der Waals surface area (Å²) in [6.45, 7) is 2.05. The quantitative estimate of drug-likeness (QED) is 0.669. The fourth-order valence-corrected chi connectivity index (χ4v) is 1.88. The van der Waals surface area contributed by atoms with Crippen LogP contribution in [0.2, 0.25) is 10.0 Å². The Morgan fingerprint density at radius 3 is 2.00 bits per heavy atom. The van der Waals surface area contributed by atoms with Gasteiger partial charge in [-0.15, -0.1) is 0 Å². The van der Waals surface area contributed by atoms with Gasteiger partial charge in [-0.25, -0.2) is 0 Å². The Balaban J connectivity index is 2.49. The van der Waals surface area contributed by atoms with E-state index in [-0.39, 0.29) is 0 Å². The SMILES string of the molecule is Cc1cc[n+](-c2cc(Cl)cc(Cl)c2)cc1. The second kappa shape index (κ2) is 4.21. The van der Waals surface area contributed by atoms with E-state index in [0.717, 1.165) is 5.69 Å². The van der Waals surface area contributed by atoms with Crippen molar-refractivity contribution in [2.75, 3.05) is 0 Å². The van der Waals surface area contributed by atoms with E-state index < -0.39 is 0 Å². The van der Waals surface area contributed by atoms with Gasteiger partial charge >= 0.3 is 0 Å². The summed E-state index contributed by atoms with van der Waals surface area (Å²) in [6, 6.07) is 9.55. The highest BCUT2D eigenvalue weighted by molar-refractivity contribution is 6.34. The second-order valence-electron chi connectivity index (χ2n) is 3.41. The maximum absolute atomic E-state index is 5.93. The molecule has 1 aromatic heterocycles. The van der Waals surface area contributed by atoms with Crippen LogP contribution < -0.4 is 4.57 Å². The summed E-state index contributed by atoms with van der Waals surface area (Å²) in [6.07, 6.45) is 3.97. The van der Waals surface area contributed by atoms with E-state index in [4.69, 9.17) is 23.2 Å². The van der Waals surface area contributed by atoms with E-state index in [2.05, 4.69) is 6.92 Å². The van der Waals surface area contributed by atoms with E-state index in [1.807, 2.05) is 41.2 Å². The van der Waals surface area contributed by atoms with Gasteiger partial charge in [0.05, 0.1) is 0 Å². The highest BCUT2D eigenvalue weighted by Gasteiger charge is 2.07. The molecule has 2 rings (SSSR count). The van der Waals surface area contributed by atoms with Crippen molar-refractivity contribution < 1.29 is 4.57 Å². The van der Waals surface area contributed by atoms with Crippen LogP contribution in [0.25, 0.3) is 5.69 Å². The largest absolute Gasteiger partial charge is 0.213 e. The van der Waals surface area contributed by atoms with Crippen LogP contribution in [0.4, 0.5) is 0 Å². The Morgan fingerprint density at radius 2 is 1.47 bits per heavy atom. The average Bonchev–Trinajstić information content (AvgIpc) is 2.17. The van der Waals surface area contributed by atoms with Crippen LogP contribution in [0.3, 0.4) is 0 Å². The Labute approximate surface area is 98.9 Å². The predicted octanol–water partition coefficient (Wildman–Crippen LogP) is 3.58. The number of hydrogen-bond acceptors (Lipinski definition) is 0. The van der Waals surface area contributed by atoms with Crippen molar-refractivity contribution >= 4 is 23.2 Å². The lowest BCUT2D eigenvalue weighted by Crippen LogP contribution is -2.29. The van der Waals surface area contributed by atoms with Crippen LogP contribution in [0.1, 0.15) is 5.56 Å². The fraction of sp³-hybridized carbons (Fsp3) is 0.0833. The summed E-state index contributed by atoms with van der Waals surface area (Å²) in [5.41, 5.74) is 2.19. The molecular weight excluding hydrogens is 229 g/mol. The van der Waals surface area contributed by atoms with Gasteiger partial charge < -0.3 is 0 Å². The van der Waals surface area contributed by atoms with E-state index in [1.165, 1.54) is 5.56 Å². The molecule has 0 radical (unpaired) electrons. The molecular formula is C12H10Cl2N+. The third-order valence-electron chi connectivity index (χ3n) is 2.14. The number of pyridine rings is 1. The molecule has 0 spiro atoms. The molecule has 0 saturated carbocycles. The van der Waals surface area contributed by atoms with Crippen LogP contribution in [0, 0.1) is 6.92 Å². The van der Waals surface area contributed by atoms with Crippen LogP contribution in [0.15, 0.2) is 42.7 Å². The van der Waals surface area contributed by atoms with Crippen molar-refractivity contribution in [3.05, 3.63) is 58.3 Å². The van der Waals surface area contributed by atoms with E-state index in [9.17, 15) is 0 Å². The maximum atomic E-state index is 5.93. The second-order valence-corrected chi connectivity index (χ2v) is 4.28. The predicted molar refractivity (Wildman–Crippen MR) is 62.7 cm³/mol. The van der Waals surface area contributed by atoms with Gasteiger partial charge in [-0.2, -0.15) is 4.57 Å². The standard InChI is InChI=1S/C12H10Cl2N/c1-9-2-4-15(5-3-9)12-7-10(13)6-11(14)8-12/h2-8H,1H3/q+1. The van der Waals surface area contributed by atoms with Gasteiger partial charge in [0.1, 0.15) is 0 Å². The average molecular weight is 239 g/mol. The summed E-state index contributed by atoms with van der Waals surface area (Å²) in [5.74, 6) is 0. The molecule has 0 fully saturated rings. The molecule has 0 N–H and O–H groups in total. The zero-order chi connectivity index (χ0) is 10.8. The molecule has 0 bridgehead atoms. The molecule has 1 nitrogen and oxygen atoms in total. The summed E-state index contributed by atoms with van der Waals surface area (Å²) >= 11 is 11.9. The Bertz CT molecular complexity index is 457. The molecule has 0 saturated heterocycles. The van der Waals surface area contributed by atoms with Gasteiger partial charge in [0, 0.05) is 34.3 Å². The van der Waals surface area contributed by atoms with Crippen molar-refractivity contribution in [3.63, 3.8) is 0 Å². The molecule has 1 aromatic carbocycles. The first kappa shape index (κ1) is 10.5. The van der Waals surface area contributed by atoms with Gasteiger partial charge in [0.25, 0.3) is 0 Å². The third-order valence-corrected chi connectivity index (χ3v) is 2.58. The first-order valence-electron chi connectivity index (χ1n) is 4.59. The minimum absolute atomic E-state index is 0.644. The molecule has 0 amide bonds. The number of aromatic nitrogens is 1. The first-order chi connectivity index (χ1) is 7.15. The molecule has 2 aromatic rings. The number of halogens is 2. The van der Waals surface area contributed by atoms with Gasteiger partial charge in [-0.05, 0) is 18.6 Å². The zero-order valence-electron chi connectivity index (χ0n) is 8.24. The highest BCUT2D eigenvalue weighted by Crippen LogP contribution is 2.18. The smallest absolute Gasteiger partial charge is 0.167 e. The van der Waals surface area contributed by atoms with Gasteiger partial charge in [0.15, 0.2) is 12.4 Å². The number of rotatable bonds is 1. The van der Waals surface area contributed by atoms with Crippen LogP contribution in [0.5, 0.6) is 0 Å². The van der Waals surface area contributed by atoms with Crippen molar-refractivity contribution in [1.82, 2.24) is 0 Å². The van der Waals surface area contributed by atoms with Crippen molar-refractivity contribution in [3.8, 4) is 5.69 Å². The Hall–Kier alpha value is -1.05. The molecule has 0 aliphatic carbocycles. The summed E-state index contributed by atoms with van der Waals surface area (Å²) in [4.78, 5) is 0. The van der Waals surface area contributed by atoms with Gasteiger partial charge in [-0.3, -0.25) is 0 Å². The van der Waals surface area contributed by atoms with Crippen molar-refractivity contribution in [2.45, 2.75) is 6.92 Å². The molecule has 76 valence electrons. The number of nitrogens with zero attached hydrogens (tertiary/aromatic N) is 1. The molecule has 0 aliphatic heterocycles. The fourth-order valence-electron chi connectivity index (χ4n) is 1.36. The minimum Gasteiger partial charge on any atom is -0.167 e. The highest BCUT2D eigenvalue weighted by atomic mass is 35.5. The Morgan fingerprint density at radius 1 is 0.933 bits per heavy atom. The molecule has 1 heterocycles. The summed E-state index contributed by atoms with van der Waals surface area (Å²) in [5, 5.41) is 1.29. The monoisotopic (exact) mass is 238 g/mol. The lowest BCUT2D eigenvalue weighted by Gasteiger charge is -1.98. The number of benzene rings is 1. The topological polar surface area (TPSA) is 3.88 Å². The number of aryl methyl sites for hydroxylation is 1. The van der Waals surface area contributed by atoms with Crippen molar-refractivity contribution in [1.29, 1.82) is 0 Å². The normalized spacial score (nSPS) is 10.3. The molecule has 0 unspecified atom stereocenters. The van der Waals surface area contributed by atoms with Crippen LogP contribution in [-0.4, -0.2) is 0 Å². The summed E-state index contributed by atoms with van der Waals surface area (Å²) in [7, 11) is 0. The third kappa shape index (κ3) is 2.49. The molecule has 0 aliphatic rings. The Kier molecular flexibility index (Phi) is 2.94. The molecule has 15 heavy (non-hydrogen) atoms. The van der Waals surface area contributed by atoms with E-state index in [0.29, 0.717) is 10.0 Å². The minimum atomic E-state index is 0.644. The molecule has 0 atom stereocenters. The lowest BCUT2D eigenvalue weighted by molar-refractivity contribution is -0.595. The van der Waals surface area contributed by atoms with E-state index >= 15 is 0 Å². The molecule has 3 heteroatoms. The van der Waals surface area contributed by atoms with Crippen molar-refractivity contribution in [2.24, 2.45) is 0 Å². The lowest BCUT2D eigenvalue weighted by atomic mass is 10.3. The first-order valence-corrected chi connectivity index (χ1v) is 5.35. The zero-order valence-corrected chi connectivity index (χ0v) is 9.76.